The maximum Gasteiger partial charge on any atom is 0.408 e. The zero-order valence-electron chi connectivity index (χ0n) is 22.0. The van der Waals surface area contributed by atoms with Crippen LogP contribution in [0.5, 0.6) is 0 Å². The van der Waals surface area contributed by atoms with Crippen LogP contribution in [0, 0.1) is 5.92 Å². The van der Waals surface area contributed by atoms with Crippen molar-refractivity contribution in [2.24, 2.45) is 5.92 Å². The van der Waals surface area contributed by atoms with E-state index in [0.717, 1.165) is 0 Å². The SMILES string of the molecule is CC(C)[C@H](NC(=O)OC(C)(C)C)C(=O)NC(Cn1cccn1)C(=O)N1CCC[C@@H](C(=O)OCC(Cl)(Cl)Cl)N1. The van der Waals surface area contributed by atoms with Gasteiger partial charge in [-0.15, -0.1) is 0 Å². The third-order valence-electron chi connectivity index (χ3n) is 5.28. The van der Waals surface area contributed by atoms with E-state index in [0.29, 0.717) is 12.8 Å². The Morgan fingerprint density at radius 2 is 1.84 bits per heavy atom. The third kappa shape index (κ3) is 10.8. The van der Waals surface area contributed by atoms with E-state index >= 15 is 0 Å². The van der Waals surface area contributed by atoms with Gasteiger partial charge in [-0.05, 0) is 45.6 Å². The molecular formula is C23H35Cl3N6O6. The van der Waals surface area contributed by atoms with Gasteiger partial charge in [-0.1, -0.05) is 48.7 Å². The van der Waals surface area contributed by atoms with Crippen molar-refractivity contribution in [1.82, 2.24) is 30.8 Å². The largest absolute Gasteiger partial charge is 0.460 e. The summed E-state index contributed by atoms with van der Waals surface area (Å²) in [7, 11) is 0. The smallest absolute Gasteiger partial charge is 0.408 e. The van der Waals surface area contributed by atoms with Gasteiger partial charge in [0.25, 0.3) is 5.91 Å². The van der Waals surface area contributed by atoms with Crippen LogP contribution in [0.25, 0.3) is 0 Å². The Morgan fingerprint density at radius 3 is 2.39 bits per heavy atom. The van der Waals surface area contributed by atoms with Crippen LogP contribution >= 0.6 is 34.8 Å². The maximum absolute atomic E-state index is 13.5. The van der Waals surface area contributed by atoms with Crippen LogP contribution in [0.15, 0.2) is 18.5 Å². The minimum Gasteiger partial charge on any atom is -0.460 e. The fourth-order valence-electron chi connectivity index (χ4n) is 3.57. The van der Waals surface area contributed by atoms with Crippen molar-refractivity contribution in [3.8, 4) is 0 Å². The molecule has 12 nitrogen and oxygen atoms in total. The van der Waals surface area contributed by atoms with E-state index in [1.54, 1.807) is 53.1 Å². The molecule has 1 unspecified atom stereocenters. The Bertz CT molecular complexity index is 964. The minimum absolute atomic E-state index is 0.00931. The molecule has 0 spiro atoms. The van der Waals surface area contributed by atoms with Gasteiger partial charge in [0.2, 0.25) is 9.70 Å². The second-order valence-corrected chi connectivity index (χ2v) is 12.7. The van der Waals surface area contributed by atoms with E-state index in [-0.39, 0.29) is 19.0 Å². The lowest BCUT2D eigenvalue weighted by Gasteiger charge is -2.35. The molecule has 0 saturated carbocycles. The second kappa shape index (κ2) is 13.7. The van der Waals surface area contributed by atoms with Crippen LogP contribution < -0.4 is 16.1 Å². The Hall–Kier alpha value is -2.28. The quantitative estimate of drug-likeness (QED) is 0.291. The topological polar surface area (TPSA) is 144 Å². The first-order valence-corrected chi connectivity index (χ1v) is 13.3. The third-order valence-corrected chi connectivity index (χ3v) is 5.61. The number of alkyl halides is 3. The number of nitrogens with one attached hydrogen (secondary N) is 3. The van der Waals surface area contributed by atoms with E-state index in [9.17, 15) is 19.2 Å². The summed E-state index contributed by atoms with van der Waals surface area (Å²) in [6, 6.07) is -1.22. The van der Waals surface area contributed by atoms with Gasteiger partial charge in [-0.3, -0.25) is 24.1 Å². The summed E-state index contributed by atoms with van der Waals surface area (Å²) in [5.41, 5.74) is 2.09. The first-order chi connectivity index (χ1) is 17.6. The van der Waals surface area contributed by atoms with Crippen LogP contribution in [0.3, 0.4) is 0 Å². The lowest BCUT2D eigenvalue weighted by molar-refractivity contribution is -0.153. The normalized spacial score (nSPS) is 17.9. The number of rotatable bonds is 9. The Morgan fingerprint density at radius 1 is 1.16 bits per heavy atom. The summed E-state index contributed by atoms with van der Waals surface area (Å²) < 4.78 is 10.0. The zero-order chi connectivity index (χ0) is 28.7. The molecule has 15 heteroatoms. The summed E-state index contributed by atoms with van der Waals surface area (Å²) in [5, 5.41) is 10.7. The molecule has 1 saturated heterocycles. The molecule has 3 N–H and O–H groups in total. The fourth-order valence-corrected chi connectivity index (χ4v) is 3.73. The number of ether oxygens (including phenoxy) is 2. The van der Waals surface area contributed by atoms with Gasteiger partial charge in [0.1, 0.15) is 30.3 Å². The monoisotopic (exact) mass is 596 g/mol. The van der Waals surface area contributed by atoms with Gasteiger partial charge >= 0.3 is 12.1 Å². The number of carbonyl (C=O) groups is 4. The lowest BCUT2D eigenvalue weighted by Crippen LogP contribution is -2.62. The molecule has 214 valence electrons. The number of hydrogen-bond donors (Lipinski definition) is 3. The molecule has 0 bridgehead atoms. The van der Waals surface area contributed by atoms with Crippen molar-refractivity contribution in [2.75, 3.05) is 13.2 Å². The highest BCUT2D eigenvalue weighted by Crippen LogP contribution is 2.26. The van der Waals surface area contributed by atoms with Crippen molar-refractivity contribution in [1.29, 1.82) is 0 Å². The summed E-state index contributed by atoms with van der Waals surface area (Å²) in [4.78, 5) is 51.6. The Labute approximate surface area is 236 Å². The van der Waals surface area contributed by atoms with E-state index in [4.69, 9.17) is 44.3 Å². The zero-order valence-corrected chi connectivity index (χ0v) is 24.3. The molecule has 3 atom stereocenters. The van der Waals surface area contributed by atoms with Crippen molar-refractivity contribution >= 4 is 58.7 Å². The average molecular weight is 598 g/mol. The lowest BCUT2D eigenvalue weighted by atomic mass is 10.0. The van der Waals surface area contributed by atoms with Gasteiger partial charge in [0.05, 0.1) is 6.54 Å². The van der Waals surface area contributed by atoms with E-state index < -0.39 is 58.0 Å². The summed E-state index contributed by atoms with van der Waals surface area (Å²) in [5.74, 6) is -2.07. The number of hydrogen-bond acceptors (Lipinski definition) is 8. The molecule has 0 aliphatic carbocycles. The van der Waals surface area contributed by atoms with Gasteiger partial charge < -0.3 is 20.1 Å². The van der Waals surface area contributed by atoms with Crippen molar-refractivity contribution in [3.05, 3.63) is 18.5 Å². The molecule has 2 rings (SSSR count). The number of hydrazine groups is 1. The summed E-state index contributed by atoms with van der Waals surface area (Å²) in [6.45, 7) is 8.49. The van der Waals surface area contributed by atoms with E-state index in [2.05, 4.69) is 21.2 Å². The Kier molecular flexibility index (Phi) is 11.5. The van der Waals surface area contributed by atoms with Crippen LogP contribution in [0.2, 0.25) is 0 Å². The number of nitrogens with zero attached hydrogens (tertiary/aromatic N) is 3. The fraction of sp³-hybridized carbons (Fsp3) is 0.696. The molecule has 1 aliphatic rings. The van der Waals surface area contributed by atoms with Crippen LogP contribution in [0.1, 0.15) is 47.5 Å². The highest BCUT2D eigenvalue weighted by atomic mass is 35.6. The Balaban J connectivity index is 2.15. The number of amides is 3. The molecule has 1 aromatic heterocycles. The number of halogens is 3. The van der Waals surface area contributed by atoms with E-state index in [1.807, 2.05) is 0 Å². The molecule has 0 aromatic carbocycles. The number of carbonyl (C=O) groups excluding carboxylic acids is 4. The van der Waals surface area contributed by atoms with Crippen LogP contribution in [0.4, 0.5) is 4.79 Å². The summed E-state index contributed by atoms with van der Waals surface area (Å²) >= 11 is 16.9. The van der Waals surface area contributed by atoms with Crippen LogP contribution in [-0.2, 0) is 30.4 Å². The van der Waals surface area contributed by atoms with Gasteiger partial charge in [-0.2, -0.15) is 5.10 Å². The minimum atomic E-state index is -1.76. The number of alkyl carbamates (subject to hydrolysis) is 1. The molecule has 2 heterocycles. The highest BCUT2D eigenvalue weighted by Gasteiger charge is 2.36. The second-order valence-electron chi connectivity index (χ2n) is 10.2. The first kappa shape index (κ1) is 31.9. The molecule has 1 fully saturated rings. The predicted molar refractivity (Wildman–Crippen MR) is 141 cm³/mol. The van der Waals surface area contributed by atoms with E-state index in [1.165, 1.54) is 9.69 Å². The molecule has 1 aliphatic heterocycles. The number of aromatic nitrogens is 2. The molecule has 38 heavy (non-hydrogen) atoms. The average Bonchev–Trinajstić information content (AvgIpc) is 3.31. The van der Waals surface area contributed by atoms with Gasteiger partial charge in [-0.25, -0.2) is 10.2 Å². The number of esters is 1. The summed E-state index contributed by atoms with van der Waals surface area (Å²) in [6.07, 6.45) is 3.32. The highest BCUT2D eigenvalue weighted by molar-refractivity contribution is 6.67. The van der Waals surface area contributed by atoms with Gasteiger partial charge in [0.15, 0.2) is 0 Å². The van der Waals surface area contributed by atoms with Crippen molar-refractivity contribution in [3.63, 3.8) is 0 Å². The van der Waals surface area contributed by atoms with Crippen LogP contribution in [-0.4, -0.2) is 79.3 Å². The molecule has 3 amide bonds. The standard InChI is InChI=1S/C23H35Cl3N6O6/c1-14(2)17(29-21(36)38-22(3,4)5)18(33)28-16(12-31-10-7-9-27-31)19(34)32-11-6-8-15(30-32)20(35)37-13-23(24,25)26/h7,9-10,14-17,30H,6,8,11-13H2,1-5H3,(H,28,33)(H,29,36)/t15-,16?,17-/m0/s1. The van der Waals surface area contributed by atoms with Crippen molar-refractivity contribution < 1.29 is 28.7 Å². The molecular weight excluding hydrogens is 563 g/mol. The maximum atomic E-state index is 13.5. The predicted octanol–water partition coefficient (Wildman–Crippen LogP) is 2.33. The molecule has 1 aromatic rings. The van der Waals surface area contributed by atoms with Gasteiger partial charge in [0, 0.05) is 18.9 Å². The van der Waals surface area contributed by atoms with Crippen molar-refractivity contribution in [2.45, 2.75) is 81.5 Å². The molecule has 0 radical (unpaired) electrons. The first-order valence-electron chi connectivity index (χ1n) is 12.1.